The molecule has 0 radical (unpaired) electrons. The number of nitrogens with zero attached hydrogens (tertiary/aromatic N) is 1. The Kier molecular flexibility index (Phi) is 2.75. The van der Waals surface area contributed by atoms with E-state index in [-0.39, 0.29) is 11.3 Å². The molecule has 88 valence electrons. The van der Waals surface area contributed by atoms with E-state index < -0.39 is 5.54 Å². The van der Waals surface area contributed by atoms with Crippen LogP contribution in [0.1, 0.15) is 31.7 Å². The van der Waals surface area contributed by atoms with E-state index in [1.807, 2.05) is 19.2 Å². The number of rotatable bonds is 4. The summed E-state index contributed by atoms with van der Waals surface area (Å²) in [6, 6.07) is 0. The fraction of sp³-hybridized carbons (Fsp3) is 0.636. The van der Waals surface area contributed by atoms with Crippen LogP contribution in [0, 0.1) is 5.41 Å². The first-order valence-corrected chi connectivity index (χ1v) is 6.31. The van der Waals surface area contributed by atoms with Gasteiger partial charge in [-0.2, -0.15) is 0 Å². The van der Waals surface area contributed by atoms with Crippen molar-refractivity contribution in [2.45, 2.75) is 32.2 Å². The normalized spacial score (nSPS) is 18.2. The van der Waals surface area contributed by atoms with Crippen molar-refractivity contribution in [3.8, 4) is 0 Å². The molecule has 16 heavy (non-hydrogen) atoms. The molecule has 0 atom stereocenters. The number of thiazole rings is 1. The zero-order valence-corrected chi connectivity index (χ0v) is 10.4. The first-order chi connectivity index (χ1) is 7.50. The van der Waals surface area contributed by atoms with Crippen LogP contribution in [0.15, 0.2) is 11.6 Å². The molecule has 1 saturated carbocycles. The first kappa shape index (κ1) is 11.5. The average molecular weight is 239 g/mol. The molecular formula is C11H17N3OS. The quantitative estimate of drug-likeness (QED) is 0.830. The third-order valence-corrected chi connectivity index (χ3v) is 4.22. The minimum atomic E-state index is -0.407. The highest BCUT2D eigenvalue weighted by molar-refractivity contribution is 7.09. The van der Waals surface area contributed by atoms with E-state index in [2.05, 4.69) is 10.3 Å². The minimum Gasteiger partial charge on any atom is -0.344 e. The molecule has 0 unspecified atom stereocenters. The van der Waals surface area contributed by atoms with Crippen molar-refractivity contribution in [3.63, 3.8) is 0 Å². The standard InChI is InChI=1S/C11H17N3OS/c1-10(2,9-13-5-6-16-9)14-8(15)11(7-12)3-4-11/h5-6H,3-4,7,12H2,1-2H3,(H,14,15). The van der Waals surface area contributed by atoms with Gasteiger partial charge in [0, 0.05) is 18.1 Å². The highest BCUT2D eigenvalue weighted by Crippen LogP contribution is 2.45. The molecule has 2 rings (SSSR count). The van der Waals surface area contributed by atoms with Gasteiger partial charge in [0.1, 0.15) is 5.01 Å². The predicted octanol–water partition coefficient (Wildman–Crippen LogP) is 1.23. The van der Waals surface area contributed by atoms with Crippen LogP contribution in [0.2, 0.25) is 0 Å². The highest BCUT2D eigenvalue weighted by Gasteiger charge is 2.49. The maximum absolute atomic E-state index is 12.1. The maximum atomic E-state index is 12.1. The van der Waals surface area contributed by atoms with Gasteiger partial charge in [0.05, 0.1) is 11.0 Å². The SMILES string of the molecule is CC(C)(NC(=O)C1(CN)CC1)c1nccs1. The number of carbonyl (C=O) groups is 1. The zero-order valence-electron chi connectivity index (χ0n) is 9.62. The van der Waals surface area contributed by atoms with Gasteiger partial charge in [0.2, 0.25) is 5.91 Å². The van der Waals surface area contributed by atoms with Crippen molar-refractivity contribution in [2.75, 3.05) is 6.54 Å². The Bertz CT molecular complexity index is 382. The Morgan fingerprint density at radius 1 is 1.69 bits per heavy atom. The second-order valence-corrected chi connectivity index (χ2v) is 5.80. The van der Waals surface area contributed by atoms with Crippen molar-refractivity contribution < 1.29 is 4.79 Å². The van der Waals surface area contributed by atoms with Crippen molar-refractivity contribution >= 4 is 17.2 Å². The molecule has 0 saturated heterocycles. The van der Waals surface area contributed by atoms with Gasteiger partial charge in [-0.1, -0.05) is 0 Å². The Morgan fingerprint density at radius 3 is 2.81 bits per heavy atom. The predicted molar refractivity (Wildman–Crippen MR) is 64.0 cm³/mol. The summed E-state index contributed by atoms with van der Waals surface area (Å²) in [6.07, 6.45) is 3.57. The van der Waals surface area contributed by atoms with Crippen molar-refractivity contribution in [1.29, 1.82) is 0 Å². The number of carbonyl (C=O) groups excluding carboxylic acids is 1. The molecule has 1 aromatic rings. The summed E-state index contributed by atoms with van der Waals surface area (Å²) in [5.41, 5.74) is 4.93. The molecule has 1 amide bonds. The van der Waals surface area contributed by atoms with Gasteiger partial charge >= 0.3 is 0 Å². The molecule has 5 heteroatoms. The van der Waals surface area contributed by atoms with Gasteiger partial charge in [-0.05, 0) is 26.7 Å². The minimum absolute atomic E-state index is 0.0650. The van der Waals surface area contributed by atoms with Crippen LogP contribution in [0.5, 0.6) is 0 Å². The number of hydrogen-bond donors (Lipinski definition) is 2. The molecule has 1 aromatic heterocycles. The van der Waals surface area contributed by atoms with E-state index in [4.69, 9.17) is 5.73 Å². The van der Waals surface area contributed by atoms with Gasteiger partial charge in [-0.15, -0.1) is 11.3 Å². The van der Waals surface area contributed by atoms with Crippen molar-refractivity contribution in [3.05, 3.63) is 16.6 Å². The Balaban J connectivity index is 2.07. The van der Waals surface area contributed by atoms with Crippen molar-refractivity contribution in [2.24, 2.45) is 11.1 Å². The lowest BCUT2D eigenvalue weighted by atomic mass is 10.0. The van der Waals surface area contributed by atoms with Gasteiger partial charge < -0.3 is 11.1 Å². The third-order valence-electron chi connectivity index (χ3n) is 3.12. The largest absolute Gasteiger partial charge is 0.344 e. The maximum Gasteiger partial charge on any atom is 0.228 e. The van der Waals surface area contributed by atoms with Gasteiger partial charge in [0.15, 0.2) is 0 Å². The lowest BCUT2D eigenvalue weighted by molar-refractivity contribution is -0.127. The van der Waals surface area contributed by atoms with Crippen LogP contribution in [0.3, 0.4) is 0 Å². The molecule has 1 fully saturated rings. The Hall–Kier alpha value is -0.940. The molecule has 1 aliphatic rings. The van der Waals surface area contributed by atoms with Crippen LogP contribution < -0.4 is 11.1 Å². The lowest BCUT2D eigenvalue weighted by Gasteiger charge is -2.26. The number of hydrogen-bond acceptors (Lipinski definition) is 4. The van der Waals surface area contributed by atoms with E-state index in [0.717, 1.165) is 17.8 Å². The molecule has 0 spiro atoms. The van der Waals surface area contributed by atoms with Crippen LogP contribution in [-0.4, -0.2) is 17.4 Å². The molecular weight excluding hydrogens is 222 g/mol. The number of amides is 1. The van der Waals surface area contributed by atoms with Crippen molar-refractivity contribution in [1.82, 2.24) is 10.3 Å². The topological polar surface area (TPSA) is 68.0 Å². The van der Waals surface area contributed by atoms with Crippen LogP contribution in [0.4, 0.5) is 0 Å². The number of nitrogens with one attached hydrogen (secondary N) is 1. The third kappa shape index (κ3) is 1.97. The van der Waals surface area contributed by atoms with Crippen LogP contribution >= 0.6 is 11.3 Å². The van der Waals surface area contributed by atoms with E-state index in [0.29, 0.717) is 6.54 Å². The fourth-order valence-electron chi connectivity index (χ4n) is 1.68. The molecule has 0 aliphatic heterocycles. The molecule has 1 heterocycles. The Morgan fingerprint density at radius 2 is 2.38 bits per heavy atom. The van der Waals surface area contributed by atoms with Gasteiger partial charge in [-0.3, -0.25) is 4.79 Å². The van der Waals surface area contributed by atoms with Gasteiger partial charge in [-0.25, -0.2) is 4.98 Å². The summed E-state index contributed by atoms with van der Waals surface area (Å²) in [5.74, 6) is 0.0650. The molecule has 3 N–H and O–H groups in total. The number of aromatic nitrogens is 1. The molecule has 0 aromatic carbocycles. The molecule has 4 nitrogen and oxygen atoms in total. The van der Waals surface area contributed by atoms with E-state index in [9.17, 15) is 4.79 Å². The average Bonchev–Trinajstić information content (AvgIpc) is 2.83. The summed E-state index contributed by atoms with van der Waals surface area (Å²) >= 11 is 1.55. The monoisotopic (exact) mass is 239 g/mol. The fourth-order valence-corrected chi connectivity index (χ4v) is 2.39. The second kappa shape index (κ2) is 3.82. The zero-order chi connectivity index (χ0) is 11.8. The number of nitrogens with two attached hydrogens (primary N) is 1. The Labute approximate surface area is 99.3 Å². The van der Waals surface area contributed by atoms with E-state index >= 15 is 0 Å². The molecule has 1 aliphatic carbocycles. The van der Waals surface area contributed by atoms with Gasteiger partial charge in [0.25, 0.3) is 0 Å². The summed E-state index contributed by atoms with van der Waals surface area (Å²) in [7, 11) is 0. The first-order valence-electron chi connectivity index (χ1n) is 5.43. The summed E-state index contributed by atoms with van der Waals surface area (Å²) in [6.45, 7) is 4.37. The summed E-state index contributed by atoms with van der Waals surface area (Å²) in [5, 5.41) is 5.88. The molecule has 0 bridgehead atoms. The summed E-state index contributed by atoms with van der Waals surface area (Å²) in [4.78, 5) is 16.3. The van der Waals surface area contributed by atoms with Crippen LogP contribution in [-0.2, 0) is 10.3 Å². The van der Waals surface area contributed by atoms with Crippen LogP contribution in [0.25, 0.3) is 0 Å². The lowest BCUT2D eigenvalue weighted by Crippen LogP contribution is -2.46. The van der Waals surface area contributed by atoms with E-state index in [1.165, 1.54) is 0 Å². The smallest absolute Gasteiger partial charge is 0.228 e. The van der Waals surface area contributed by atoms with E-state index in [1.54, 1.807) is 17.5 Å². The highest BCUT2D eigenvalue weighted by atomic mass is 32.1. The second-order valence-electron chi connectivity index (χ2n) is 4.90. The summed E-state index contributed by atoms with van der Waals surface area (Å²) < 4.78 is 0.